The fraction of sp³-hybridized carbons (Fsp3) is 0. The second-order valence-electron chi connectivity index (χ2n) is 4.51. The third-order valence-corrected chi connectivity index (χ3v) is 3.10. The smallest absolute Gasteiger partial charge is 0.217 e. The van der Waals surface area contributed by atoms with E-state index < -0.39 is 0 Å². The Labute approximate surface area is 126 Å². The van der Waals surface area contributed by atoms with E-state index in [0.29, 0.717) is 17.0 Å². The summed E-state index contributed by atoms with van der Waals surface area (Å²) >= 11 is 0. The van der Waals surface area contributed by atoms with Crippen LogP contribution < -0.4 is 0 Å². The Morgan fingerprint density at radius 2 is 1.59 bits per heavy atom. The number of phenolic OH excluding ortho intramolecular Hbond substituents is 1. The van der Waals surface area contributed by atoms with E-state index in [1.807, 2.05) is 30.3 Å². The molecular weight excluding hydrogens is 278 g/mol. The molecule has 0 aliphatic rings. The number of hydrogen-bond donors (Lipinski definition) is 1. The minimum Gasteiger partial charge on any atom is -0.507 e. The largest absolute Gasteiger partial charge is 0.507 e. The molecule has 0 aliphatic heterocycles. The molecule has 0 fully saturated rings. The molecule has 0 spiro atoms. The molecule has 0 amide bonds. The molecule has 2 aromatic carbocycles. The zero-order valence-electron chi connectivity index (χ0n) is 11.5. The topological polar surface area (TPSA) is 94.8 Å². The summed E-state index contributed by atoms with van der Waals surface area (Å²) in [5, 5.41) is 13.5. The van der Waals surface area contributed by atoms with E-state index in [4.69, 9.17) is 5.53 Å². The highest BCUT2D eigenvalue weighted by atomic mass is 16.3. The van der Waals surface area contributed by atoms with Gasteiger partial charge in [-0.2, -0.15) is 0 Å². The summed E-state index contributed by atoms with van der Waals surface area (Å²) < 4.78 is 0. The Hall–Kier alpha value is -3.37. The van der Waals surface area contributed by atoms with Crippen LogP contribution in [0, 0.1) is 0 Å². The second kappa shape index (κ2) is 5.95. The van der Waals surface area contributed by atoms with Crippen LogP contribution in [0.1, 0.15) is 0 Å². The van der Waals surface area contributed by atoms with Crippen LogP contribution in [-0.4, -0.2) is 15.1 Å². The van der Waals surface area contributed by atoms with Crippen LogP contribution in [0.15, 0.2) is 65.8 Å². The highest BCUT2D eigenvalue weighted by Crippen LogP contribution is 2.31. The normalized spacial score (nSPS) is 10.0. The third-order valence-electron chi connectivity index (χ3n) is 3.10. The minimum absolute atomic E-state index is 0.0158. The molecule has 0 unspecified atom stereocenters. The van der Waals surface area contributed by atoms with Crippen molar-refractivity contribution in [3.8, 4) is 28.3 Å². The average molecular weight is 289 g/mol. The molecule has 0 aliphatic carbocycles. The number of aromatic nitrogens is 2. The van der Waals surface area contributed by atoms with Crippen LogP contribution in [-0.2, 0) is 0 Å². The molecule has 1 N–H and O–H groups in total. The standard InChI is InChI=1S/C16H11N5O/c17-21-20-16-18-13(11-6-2-1-3-7-11)10-14(19-16)12-8-4-5-9-15(12)22/h1-10,22H. The van der Waals surface area contributed by atoms with E-state index in [1.54, 1.807) is 30.3 Å². The first kappa shape index (κ1) is 13.6. The predicted molar refractivity (Wildman–Crippen MR) is 83.4 cm³/mol. The molecule has 6 heteroatoms. The number of aromatic hydroxyl groups is 1. The zero-order chi connectivity index (χ0) is 15.4. The molecule has 1 heterocycles. The van der Waals surface area contributed by atoms with Crippen LogP contribution in [0.5, 0.6) is 5.75 Å². The summed E-state index contributed by atoms with van der Waals surface area (Å²) in [5.74, 6) is 0.120. The lowest BCUT2D eigenvalue weighted by Gasteiger charge is -2.07. The molecule has 1 aromatic heterocycles. The van der Waals surface area contributed by atoms with Gasteiger partial charge >= 0.3 is 0 Å². The highest BCUT2D eigenvalue weighted by Gasteiger charge is 2.10. The quantitative estimate of drug-likeness (QED) is 0.438. The number of nitrogens with zero attached hydrogens (tertiary/aromatic N) is 5. The first-order chi connectivity index (χ1) is 10.8. The Kier molecular flexibility index (Phi) is 3.68. The van der Waals surface area contributed by atoms with Crippen molar-refractivity contribution in [1.29, 1.82) is 0 Å². The summed E-state index contributed by atoms with van der Waals surface area (Å²) in [6.45, 7) is 0. The lowest BCUT2D eigenvalue weighted by Crippen LogP contribution is -1.91. The maximum Gasteiger partial charge on any atom is 0.217 e. The Bertz CT molecular complexity index is 857. The number of para-hydroxylation sites is 1. The van der Waals surface area contributed by atoms with Gasteiger partial charge in [-0.1, -0.05) is 42.5 Å². The van der Waals surface area contributed by atoms with Crippen LogP contribution in [0.2, 0.25) is 0 Å². The summed E-state index contributed by atoms with van der Waals surface area (Å²) in [6, 6.07) is 18.1. The van der Waals surface area contributed by atoms with E-state index in [1.165, 1.54) is 0 Å². The molecule has 0 bridgehead atoms. The number of phenols is 1. The fourth-order valence-electron chi connectivity index (χ4n) is 2.10. The fourth-order valence-corrected chi connectivity index (χ4v) is 2.10. The maximum atomic E-state index is 9.98. The van der Waals surface area contributed by atoms with Crippen molar-refractivity contribution in [2.45, 2.75) is 0 Å². The maximum absolute atomic E-state index is 9.98. The van der Waals surface area contributed by atoms with E-state index >= 15 is 0 Å². The van der Waals surface area contributed by atoms with E-state index in [9.17, 15) is 5.11 Å². The number of azide groups is 1. The van der Waals surface area contributed by atoms with Crippen molar-refractivity contribution >= 4 is 5.95 Å². The van der Waals surface area contributed by atoms with Crippen LogP contribution in [0.3, 0.4) is 0 Å². The van der Waals surface area contributed by atoms with Crippen LogP contribution in [0.4, 0.5) is 5.95 Å². The second-order valence-corrected chi connectivity index (χ2v) is 4.51. The third kappa shape index (κ3) is 2.72. The van der Waals surface area contributed by atoms with Gasteiger partial charge in [-0.25, -0.2) is 9.97 Å². The summed E-state index contributed by atoms with van der Waals surface area (Å²) in [4.78, 5) is 11.2. The molecule has 0 saturated heterocycles. The van der Waals surface area contributed by atoms with Gasteiger partial charge in [0.15, 0.2) is 0 Å². The van der Waals surface area contributed by atoms with E-state index in [2.05, 4.69) is 20.0 Å². The SMILES string of the molecule is [N-]=[N+]=Nc1nc(-c2ccccc2)cc(-c2ccccc2O)n1. The predicted octanol–water partition coefficient (Wildman–Crippen LogP) is 4.46. The van der Waals surface area contributed by atoms with Gasteiger partial charge in [-0.3, -0.25) is 0 Å². The first-order valence-corrected chi connectivity index (χ1v) is 6.56. The molecule has 106 valence electrons. The lowest BCUT2D eigenvalue weighted by atomic mass is 10.1. The van der Waals surface area contributed by atoms with Gasteiger partial charge in [-0.15, -0.1) is 0 Å². The minimum atomic E-state index is 0.0158. The van der Waals surface area contributed by atoms with Gasteiger partial charge in [0.1, 0.15) is 5.75 Å². The zero-order valence-corrected chi connectivity index (χ0v) is 11.5. The molecule has 6 nitrogen and oxygen atoms in total. The summed E-state index contributed by atoms with van der Waals surface area (Å²) in [6.07, 6.45) is 0. The van der Waals surface area contributed by atoms with Crippen molar-refractivity contribution in [3.63, 3.8) is 0 Å². The Morgan fingerprint density at radius 3 is 2.32 bits per heavy atom. The van der Waals surface area contributed by atoms with Crippen molar-refractivity contribution in [3.05, 3.63) is 71.1 Å². The van der Waals surface area contributed by atoms with Crippen molar-refractivity contribution in [1.82, 2.24) is 9.97 Å². The van der Waals surface area contributed by atoms with Crippen LogP contribution >= 0.6 is 0 Å². The van der Waals surface area contributed by atoms with Gasteiger partial charge in [-0.05, 0) is 28.8 Å². The molecule has 0 radical (unpaired) electrons. The summed E-state index contributed by atoms with van der Waals surface area (Å²) in [7, 11) is 0. The average Bonchev–Trinajstić information content (AvgIpc) is 2.56. The van der Waals surface area contributed by atoms with Crippen LogP contribution in [0.25, 0.3) is 33.0 Å². The lowest BCUT2D eigenvalue weighted by molar-refractivity contribution is 0.477. The van der Waals surface area contributed by atoms with Gasteiger partial charge in [0.25, 0.3) is 0 Å². The molecule has 3 rings (SSSR count). The molecule has 3 aromatic rings. The van der Waals surface area contributed by atoms with Crippen molar-refractivity contribution < 1.29 is 5.11 Å². The summed E-state index contributed by atoms with van der Waals surface area (Å²) in [5.41, 5.74) is 11.2. The first-order valence-electron chi connectivity index (χ1n) is 6.56. The number of rotatable bonds is 3. The monoisotopic (exact) mass is 289 g/mol. The number of benzene rings is 2. The molecule has 0 saturated carbocycles. The van der Waals surface area contributed by atoms with Crippen molar-refractivity contribution in [2.24, 2.45) is 5.11 Å². The van der Waals surface area contributed by atoms with E-state index in [-0.39, 0.29) is 11.7 Å². The molecule has 22 heavy (non-hydrogen) atoms. The van der Waals surface area contributed by atoms with Gasteiger partial charge in [0.2, 0.25) is 5.95 Å². The number of hydrogen-bond acceptors (Lipinski definition) is 4. The Morgan fingerprint density at radius 1 is 0.909 bits per heavy atom. The molecule has 0 atom stereocenters. The van der Waals surface area contributed by atoms with Gasteiger partial charge in [0.05, 0.1) is 11.4 Å². The highest BCUT2D eigenvalue weighted by molar-refractivity contribution is 5.72. The molecular formula is C16H11N5O. The van der Waals surface area contributed by atoms with Gasteiger partial charge in [0, 0.05) is 16.0 Å². The Balaban J connectivity index is 2.21. The van der Waals surface area contributed by atoms with E-state index in [0.717, 1.165) is 5.56 Å². The van der Waals surface area contributed by atoms with Gasteiger partial charge < -0.3 is 5.11 Å². The van der Waals surface area contributed by atoms with Crippen molar-refractivity contribution in [2.75, 3.05) is 0 Å².